The van der Waals surface area contributed by atoms with Gasteiger partial charge < -0.3 is 10.0 Å². The number of thioether (sulfide) groups is 1. The van der Waals surface area contributed by atoms with E-state index < -0.39 is 0 Å². The Labute approximate surface area is 118 Å². The summed E-state index contributed by atoms with van der Waals surface area (Å²) in [4.78, 5) is 17.6. The fourth-order valence-corrected chi connectivity index (χ4v) is 2.90. The van der Waals surface area contributed by atoms with Crippen molar-refractivity contribution in [1.82, 2.24) is 9.80 Å². The predicted molar refractivity (Wildman–Crippen MR) is 77.7 cm³/mol. The highest BCUT2D eigenvalue weighted by Gasteiger charge is 2.23. The molecule has 1 saturated heterocycles. The van der Waals surface area contributed by atoms with Gasteiger partial charge in [0.05, 0.1) is 12.2 Å². The van der Waals surface area contributed by atoms with E-state index >= 15 is 0 Å². The summed E-state index contributed by atoms with van der Waals surface area (Å²) in [5.74, 6) is 0.119. The van der Waals surface area contributed by atoms with Crippen molar-refractivity contribution < 1.29 is 9.90 Å². The predicted octanol–water partition coefficient (Wildman–Crippen LogP) is 1.16. The molecule has 1 amide bonds. The molecule has 0 atom stereocenters. The summed E-state index contributed by atoms with van der Waals surface area (Å²) >= 11 is 1.61. The van der Waals surface area contributed by atoms with Crippen LogP contribution in [0.4, 0.5) is 0 Å². The van der Waals surface area contributed by atoms with E-state index in [1.165, 1.54) is 0 Å². The maximum Gasteiger partial charge on any atom is 0.255 e. The molecule has 0 spiro atoms. The van der Waals surface area contributed by atoms with Gasteiger partial charge in [-0.3, -0.25) is 9.69 Å². The summed E-state index contributed by atoms with van der Waals surface area (Å²) < 4.78 is 0. The van der Waals surface area contributed by atoms with Crippen LogP contribution in [0.25, 0.3) is 0 Å². The zero-order valence-electron chi connectivity index (χ0n) is 11.2. The summed E-state index contributed by atoms with van der Waals surface area (Å²) in [6.45, 7) is 4.04. The number of carbonyl (C=O) groups is 1. The van der Waals surface area contributed by atoms with Crippen molar-refractivity contribution in [1.29, 1.82) is 0 Å². The van der Waals surface area contributed by atoms with E-state index in [2.05, 4.69) is 4.90 Å². The van der Waals surface area contributed by atoms with Crippen LogP contribution in [-0.4, -0.2) is 66.4 Å². The van der Waals surface area contributed by atoms with E-state index in [9.17, 15) is 4.79 Å². The molecule has 104 valence electrons. The maximum atomic E-state index is 12.5. The number of aliphatic hydroxyl groups excluding tert-OH is 1. The second-order valence-electron chi connectivity index (χ2n) is 4.56. The smallest absolute Gasteiger partial charge is 0.255 e. The molecule has 4 nitrogen and oxygen atoms in total. The van der Waals surface area contributed by atoms with Crippen LogP contribution in [0.2, 0.25) is 0 Å². The number of piperazine rings is 1. The molecule has 0 aliphatic carbocycles. The first kappa shape index (κ1) is 14.4. The quantitative estimate of drug-likeness (QED) is 0.841. The maximum absolute atomic E-state index is 12.5. The van der Waals surface area contributed by atoms with E-state index in [1.54, 1.807) is 11.8 Å². The van der Waals surface area contributed by atoms with Crippen LogP contribution in [0, 0.1) is 0 Å². The Morgan fingerprint density at radius 2 is 1.95 bits per heavy atom. The lowest BCUT2D eigenvalue weighted by Gasteiger charge is -2.34. The van der Waals surface area contributed by atoms with Crippen molar-refractivity contribution in [3.05, 3.63) is 29.8 Å². The third-order valence-electron chi connectivity index (χ3n) is 3.41. The average Bonchev–Trinajstić information content (AvgIpc) is 2.47. The number of hydrogen-bond acceptors (Lipinski definition) is 4. The van der Waals surface area contributed by atoms with Crippen LogP contribution in [-0.2, 0) is 0 Å². The van der Waals surface area contributed by atoms with E-state index in [-0.39, 0.29) is 12.5 Å². The number of amides is 1. The molecule has 1 fully saturated rings. The average molecular weight is 280 g/mol. The van der Waals surface area contributed by atoms with Gasteiger partial charge >= 0.3 is 0 Å². The minimum Gasteiger partial charge on any atom is -0.395 e. The summed E-state index contributed by atoms with van der Waals surface area (Å²) in [5.41, 5.74) is 0.797. The van der Waals surface area contributed by atoms with Crippen molar-refractivity contribution in [2.75, 3.05) is 45.6 Å². The van der Waals surface area contributed by atoms with Crippen LogP contribution in [0.1, 0.15) is 10.4 Å². The van der Waals surface area contributed by atoms with Gasteiger partial charge in [0.2, 0.25) is 0 Å². The van der Waals surface area contributed by atoms with E-state index in [4.69, 9.17) is 5.11 Å². The Kier molecular flexibility index (Phi) is 5.24. The first-order chi connectivity index (χ1) is 9.26. The fraction of sp³-hybridized carbons (Fsp3) is 0.500. The lowest BCUT2D eigenvalue weighted by atomic mass is 10.2. The van der Waals surface area contributed by atoms with Gasteiger partial charge in [-0.15, -0.1) is 11.8 Å². The van der Waals surface area contributed by atoms with E-state index in [0.717, 1.165) is 36.6 Å². The number of rotatable bonds is 4. The zero-order valence-corrected chi connectivity index (χ0v) is 12.0. The largest absolute Gasteiger partial charge is 0.395 e. The van der Waals surface area contributed by atoms with Gasteiger partial charge in [0.15, 0.2) is 0 Å². The van der Waals surface area contributed by atoms with Crippen LogP contribution in [0.15, 0.2) is 29.2 Å². The summed E-state index contributed by atoms with van der Waals surface area (Å²) in [6, 6.07) is 7.75. The SMILES string of the molecule is CSc1ccccc1C(=O)N1CCN(CCO)CC1. The molecular weight excluding hydrogens is 260 g/mol. The van der Waals surface area contributed by atoms with Gasteiger partial charge in [-0.1, -0.05) is 12.1 Å². The molecule has 2 rings (SSSR count). The number of carbonyl (C=O) groups excluding carboxylic acids is 1. The molecule has 5 heteroatoms. The van der Waals surface area contributed by atoms with Crippen LogP contribution >= 0.6 is 11.8 Å². The van der Waals surface area contributed by atoms with Gasteiger partial charge in [-0.2, -0.15) is 0 Å². The molecule has 0 unspecified atom stereocenters. The highest BCUT2D eigenvalue weighted by molar-refractivity contribution is 7.98. The Hall–Kier alpha value is -1.04. The molecule has 1 aliphatic heterocycles. The van der Waals surface area contributed by atoms with Crippen LogP contribution in [0.5, 0.6) is 0 Å². The fourth-order valence-electron chi connectivity index (χ4n) is 2.31. The monoisotopic (exact) mass is 280 g/mol. The van der Waals surface area contributed by atoms with Gasteiger partial charge in [0.1, 0.15) is 0 Å². The van der Waals surface area contributed by atoms with Crippen molar-refractivity contribution in [3.63, 3.8) is 0 Å². The first-order valence-electron chi connectivity index (χ1n) is 6.51. The number of β-amino-alcohol motifs (C(OH)–C–C–N with tert-alkyl or cyclic N) is 1. The number of benzene rings is 1. The van der Waals surface area contributed by atoms with Crippen LogP contribution in [0.3, 0.4) is 0 Å². The summed E-state index contributed by atoms with van der Waals surface area (Å²) in [5, 5.41) is 8.91. The van der Waals surface area contributed by atoms with E-state index in [1.807, 2.05) is 35.4 Å². The van der Waals surface area contributed by atoms with E-state index in [0.29, 0.717) is 6.54 Å². The van der Waals surface area contributed by atoms with Gasteiger partial charge in [-0.25, -0.2) is 0 Å². The molecular formula is C14H20N2O2S. The second kappa shape index (κ2) is 6.93. The molecule has 0 radical (unpaired) electrons. The topological polar surface area (TPSA) is 43.8 Å². The normalized spacial score (nSPS) is 16.6. The van der Waals surface area contributed by atoms with Crippen molar-refractivity contribution in [3.8, 4) is 0 Å². The number of hydrogen-bond donors (Lipinski definition) is 1. The third-order valence-corrected chi connectivity index (χ3v) is 4.21. The van der Waals surface area contributed by atoms with Crippen LogP contribution < -0.4 is 0 Å². The highest BCUT2D eigenvalue weighted by Crippen LogP contribution is 2.21. The third kappa shape index (κ3) is 3.49. The Bertz CT molecular complexity index is 431. The molecule has 1 aromatic rings. The highest BCUT2D eigenvalue weighted by atomic mass is 32.2. The minimum atomic E-state index is 0.119. The summed E-state index contributed by atoms with van der Waals surface area (Å²) in [7, 11) is 0. The van der Waals surface area contributed by atoms with Gasteiger partial charge in [0.25, 0.3) is 5.91 Å². The first-order valence-corrected chi connectivity index (χ1v) is 7.74. The van der Waals surface area contributed by atoms with Crippen molar-refractivity contribution in [2.24, 2.45) is 0 Å². The lowest BCUT2D eigenvalue weighted by Crippen LogP contribution is -2.49. The molecule has 19 heavy (non-hydrogen) atoms. The molecule has 1 N–H and O–H groups in total. The second-order valence-corrected chi connectivity index (χ2v) is 5.41. The summed E-state index contributed by atoms with van der Waals surface area (Å²) in [6.07, 6.45) is 1.99. The van der Waals surface area contributed by atoms with Crippen molar-refractivity contribution in [2.45, 2.75) is 4.90 Å². The van der Waals surface area contributed by atoms with Crippen molar-refractivity contribution >= 4 is 17.7 Å². The molecule has 1 heterocycles. The molecule has 0 bridgehead atoms. The Morgan fingerprint density at radius 3 is 2.58 bits per heavy atom. The molecule has 0 aromatic heterocycles. The molecule has 1 aliphatic rings. The zero-order chi connectivity index (χ0) is 13.7. The minimum absolute atomic E-state index is 0.119. The Morgan fingerprint density at radius 1 is 1.26 bits per heavy atom. The van der Waals surface area contributed by atoms with Gasteiger partial charge in [-0.05, 0) is 18.4 Å². The standard InChI is InChI=1S/C14H20N2O2S/c1-19-13-5-3-2-4-12(13)14(18)16-8-6-15(7-9-16)10-11-17/h2-5,17H,6-11H2,1H3. The lowest BCUT2D eigenvalue weighted by molar-refractivity contribution is 0.0611. The Balaban J connectivity index is 2.01. The number of aliphatic hydroxyl groups is 1. The van der Waals surface area contributed by atoms with Gasteiger partial charge in [0, 0.05) is 37.6 Å². The molecule has 1 aromatic carbocycles. The molecule has 0 saturated carbocycles. The number of nitrogens with zero attached hydrogens (tertiary/aromatic N) is 2.